The monoisotopic (exact) mass is 277 g/mol. The van der Waals surface area contributed by atoms with E-state index in [9.17, 15) is 4.39 Å². The van der Waals surface area contributed by atoms with Crippen molar-refractivity contribution in [2.75, 3.05) is 12.4 Å². The number of rotatable bonds is 3. The zero-order valence-corrected chi connectivity index (χ0v) is 10.7. The highest BCUT2D eigenvalue weighted by Crippen LogP contribution is 2.28. The van der Waals surface area contributed by atoms with Crippen LogP contribution in [0.15, 0.2) is 30.3 Å². The molecule has 0 bridgehead atoms. The summed E-state index contributed by atoms with van der Waals surface area (Å²) in [5.74, 6) is 0.313. The largest absolute Gasteiger partial charge is 0.494 e. The van der Waals surface area contributed by atoms with Crippen molar-refractivity contribution in [3.63, 3.8) is 0 Å². The number of ether oxygens (including phenoxy) is 1. The van der Waals surface area contributed by atoms with Crippen LogP contribution in [0, 0.1) is 17.1 Å². The van der Waals surface area contributed by atoms with Gasteiger partial charge in [0, 0.05) is 6.07 Å². The fourth-order valence-electron chi connectivity index (χ4n) is 1.53. The highest BCUT2D eigenvalue weighted by atomic mass is 35.5. The van der Waals surface area contributed by atoms with Crippen molar-refractivity contribution >= 4 is 23.1 Å². The Bertz CT molecular complexity index is 655. The van der Waals surface area contributed by atoms with Crippen molar-refractivity contribution in [3.05, 3.63) is 46.9 Å². The summed E-state index contributed by atoms with van der Waals surface area (Å²) in [5, 5.41) is 12.0. The van der Waals surface area contributed by atoms with Gasteiger partial charge >= 0.3 is 0 Å². The summed E-state index contributed by atoms with van der Waals surface area (Å²) in [6, 6.07) is 9.02. The van der Waals surface area contributed by atoms with Gasteiger partial charge in [-0.1, -0.05) is 11.6 Å². The van der Waals surface area contributed by atoms with Gasteiger partial charge in [0.2, 0.25) is 0 Å². The van der Waals surface area contributed by atoms with Crippen LogP contribution in [0.5, 0.6) is 5.75 Å². The summed E-state index contributed by atoms with van der Waals surface area (Å²) in [4.78, 5) is 4.03. The van der Waals surface area contributed by atoms with Gasteiger partial charge in [-0.15, -0.1) is 0 Å². The second-order valence-electron chi connectivity index (χ2n) is 3.65. The molecule has 0 atom stereocenters. The molecule has 0 unspecified atom stereocenters. The summed E-state index contributed by atoms with van der Waals surface area (Å²) in [5.41, 5.74) is 0.908. The van der Waals surface area contributed by atoms with Gasteiger partial charge < -0.3 is 10.1 Å². The van der Waals surface area contributed by atoms with Gasteiger partial charge in [0.1, 0.15) is 22.5 Å². The molecule has 1 heterocycles. The molecule has 6 heteroatoms. The lowest BCUT2D eigenvalue weighted by molar-refractivity contribution is 0.413. The number of nitriles is 1. The average Bonchev–Trinajstić information content (AvgIpc) is 2.40. The average molecular weight is 278 g/mol. The lowest BCUT2D eigenvalue weighted by Gasteiger charge is -2.10. The number of nitrogens with zero attached hydrogens (tertiary/aromatic N) is 2. The van der Waals surface area contributed by atoms with E-state index >= 15 is 0 Å². The minimum Gasteiger partial charge on any atom is -0.494 e. The topological polar surface area (TPSA) is 57.9 Å². The number of halogens is 2. The third-order valence-electron chi connectivity index (χ3n) is 2.35. The number of aromatic nitrogens is 1. The molecule has 96 valence electrons. The Balaban J connectivity index is 2.36. The molecule has 0 saturated heterocycles. The molecule has 1 aromatic carbocycles. The van der Waals surface area contributed by atoms with Crippen LogP contribution in [0.1, 0.15) is 5.56 Å². The summed E-state index contributed by atoms with van der Waals surface area (Å²) < 4.78 is 18.1. The maximum atomic E-state index is 13.1. The first kappa shape index (κ1) is 13.1. The quantitative estimate of drug-likeness (QED) is 0.873. The van der Waals surface area contributed by atoms with Gasteiger partial charge in [-0.05, 0) is 24.3 Å². The molecule has 1 N–H and O–H groups in total. The molecule has 0 radical (unpaired) electrons. The number of nitrogens with one attached hydrogen (secondary N) is 1. The first-order valence-electron chi connectivity index (χ1n) is 5.30. The van der Waals surface area contributed by atoms with Crippen molar-refractivity contribution in [1.82, 2.24) is 4.98 Å². The van der Waals surface area contributed by atoms with Crippen molar-refractivity contribution in [2.24, 2.45) is 0 Å². The van der Waals surface area contributed by atoms with E-state index in [1.54, 1.807) is 0 Å². The molecule has 0 saturated carbocycles. The van der Waals surface area contributed by atoms with Crippen LogP contribution >= 0.6 is 11.6 Å². The summed E-state index contributed by atoms with van der Waals surface area (Å²) in [6.45, 7) is 0. The number of methoxy groups -OCH3 is 1. The van der Waals surface area contributed by atoms with E-state index in [0.717, 1.165) is 0 Å². The normalized spacial score (nSPS) is 9.79. The number of hydrogen-bond donors (Lipinski definition) is 1. The molecule has 2 rings (SSSR count). The highest BCUT2D eigenvalue weighted by molar-refractivity contribution is 6.29. The molecule has 1 aromatic heterocycles. The Morgan fingerprint density at radius 2 is 2.16 bits per heavy atom. The molecule has 4 nitrogen and oxygen atoms in total. The van der Waals surface area contributed by atoms with Gasteiger partial charge in [0.15, 0.2) is 0 Å². The molecule has 0 aliphatic heterocycles. The smallest absolute Gasteiger partial charge is 0.145 e. The Hall–Kier alpha value is -2.32. The molecule has 0 amide bonds. The van der Waals surface area contributed by atoms with Crippen molar-refractivity contribution < 1.29 is 9.13 Å². The zero-order valence-electron chi connectivity index (χ0n) is 9.95. The van der Waals surface area contributed by atoms with Crippen LogP contribution in [-0.2, 0) is 0 Å². The summed E-state index contributed by atoms with van der Waals surface area (Å²) >= 11 is 5.80. The fourth-order valence-corrected chi connectivity index (χ4v) is 1.74. The molecule has 0 spiro atoms. The minimum atomic E-state index is -0.404. The Morgan fingerprint density at radius 3 is 2.84 bits per heavy atom. The molecular weight excluding hydrogens is 269 g/mol. The summed E-state index contributed by atoms with van der Waals surface area (Å²) in [6.07, 6.45) is 0. The second-order valence-corrected chi connectivity index (χ2v) is 4.03. The van der Waals surface area contributed by atoms with Crippen LogP contribution < -0.4 is 10.1 Å². The van der Waals surface area contributed by atoms with Crippen molar-refractivity contribution in [1.29, 1.82) is 5.26 Å². The molecular formula is C13H9ClFN3O. The number of anilines is 2. The van der Waals surface area contributed by atoms with Gasteiger partial charge in [-0.3, -0.25) is 0 Å². The Kier molecular flexibility index (Phi) is 3.83. The predicted molar refractivity (Wildman–Crippen MR) is 70.2 cm³/mol. The molecule has 2 aromatic rings. The van der Waals surface area contributed by atoms with E-state index in [-0.39, 0.29) is 5.15 Å². The fraction of sp³-hybridized carbons (Fsp3) is 0.0769. The number of hydrogen-bond acceptors (Lipinski definition) is 4. The maximum absolute atomic E-state index is 13.1. The van der Waals surface area contributed by atoms with E-state index in [2.05, 4.69) is 10.3 Å². The molecule has 0 aliphatic rings. The minimum absolute atomic E-state index is 0.197. The predicted octanol–water partition coefficient (Wildman–Crippen LogP) is 3.50. The molecule has 0 fully saturated rings. The maximum Gasteiger partial charge on any atom is 0.145 e. The van der Waals surface area contributed by atoms with E-state index in [1.807, 2.05) is 6.07 Å². The van der Waals surface area contributed by atoms with Crippen LogP contribution in [0.2, 0.25) is 5.15 Å². The van der Waals surface area contributed by atoms with Crippen LogP contribution in [-0.4, -0.2) is 12.1 Å². The third-order valence-corrected chi connectivity index (χ3v) is 2.54. The van der Waals surface area contributed by atoms with Gasteiger partial charge in [0.05, 0.1) is 24.4 Å². The zero-order chi connectivity index (χ0) is 13.8. The SMILES string of the molecule is COc1cc(F)ccc1Nc1cc(C#N)cc(Cl)n1. The Morgan fingerprint density at radius 1 is 1.37 bits per heavy atom. The molecule has 0 aliphatic carbocycles. The van der Waals surface area contributed by atoms with E-state index in [4.69, 9.17) is 21.6 Å². The van der Waals surface area contributed by atoms with Gasteiger partial charge in [-0.25, -0.2) is 9.37 Å². The van der Waals surface area contributed by atoms with E-state index in [1.165, 1.54) is 37.4 Å². The summed E-state index contributed by atoms with van der Waals surface area (Å²) in [7, 11) is 1.44. The highest BCUT2D eigenvalue weighted by Gasteiger charge is 2.07. The van der Waals surface area contributed by atoms with E-state index in [0.29, 0.717) is 22.8 Å². The van der Waals surface area contributed by atoms with Gasteiger partial charge in [0.25, 0.3) is 0 Å². The third kappa shape index (κ3) is 3.12. The van der Waals surface area contributed by atoms with Crippen molar-refractivity contribution in [3.8, 4) is 11.8 Å². The lowest BCUT2D eigenvalue weighted by Crippen LogP contribution is -1.98. The lowest BCUT2D eigenvalue weighted by atomic mass is 10.2. The van der Waals surface area contributed by atoms with Crippen LogP contribution in [0.25, 0.3) is 0 Å². The van der Waals surface area contributed by atoms with E-state index < -0.39 is 5.82 Å². The van der Waals surface area contributed by atoms with Crippen LogP contribution in [0.3, 0.4) is 0 Å². The first-order chi connectivity index (χ1) is 9.12. The standard InChI is InChI=1S/C13H9ClFN3O/c1-19-11-6-9(15)2-3-10(11)17-13-5-8(7-16)4-12(14)18-13/h2-6H,1H3,(H,17,18). The van der Waals surface area contributed by atoms with Crippen LogP contribution in [0.4, 0.5) is 15.9 Å². The van der Waals surface area contributed by atoms with Crippen molar-refractivity contribution in [2.45, 2.75) is 0 Å². The second kappa shape index (κ2) is 5.55. The Labute approximate surface area is 114 Å². The number of pyridine rings is 1. The van der Waals surface area contributed by atoms with Gasteiger partial charge in [-0.2, -0.15) is 5.26 Å². The first-order valence-corrected chi connectivity index (χ1v) is 5.68. The molecule has 19 heavy (non-hydrogen) atoms. The number of benzene rings is 1.